The third-order valence-electron chi connectivity index (χ3n) is 7.67. The number of ether oxygens (including phenoxy) is 1. The second-order valence-electron chi connectivity index (χ2n) is 10.6. The van der Waals surface area contributed by atoms with Gasteiger partial charge in [-0.15, -0.1) is 11.3 Å². The molecule has 0 aliphatic carbocycles. The van der Waals surface area contributed by atoms with E-state index in [4.69, 9.17) is 14.7 Å². The van der Waals surface area contributed by atoms with Gasteiger partial charge in [-0.3, -0.25) is 9.89 Å². The van der Waals surface area contributed by atoms with E-state index in [1.807, 2.05) is 24.4 Å². The van der Waals surface area contributed by atoms with Crippen LogP contribution in [0.4, 0.5) is 17.6 Å². The van der Waals surface area contributed by atoms with Crippen LogP contribution in [0.3, 0.4) is 0 Å². The number of hydrogen-bond donors (Lipinski definition) is 5. The SMILES string of the molecule is Cc1cc(Nc2nc(N[C@H]3C[C@@H](C)CC4(C(=O)[C@H]5COCCN5)CC[C@H](C3)N4)nc3sccc23)n[nH]1. The number of thiophene rings is 1. The summed E-state index contributed by atoms with van der Waals surface area (Å²) in [5.74, 6) is 2.76. The molecule has 0 saturated carbocycles. The number of fused-ring (bicyclic) bond motifs is 3. The molecule has 5 N–H and O–H groups in total. The number of morpholine rings is 1. The van der Waals surface area contributed by atoms with E-state index in [2.05, 4.69) is 38.4 Å². The van der Waals surface area contributed by atoms with Gasteiger partial charge >= 0.3 is 0 Å². The Morgan fingerprint density at radius 2 is 2.22 bits per heavy atom. The molecule has 0 radical (unpaired) electrons. The highest BCUT2D eigenvalue weighted by Crippen LogP contribution is 2.38. The number of ketones is 1. The zero-order chi connectivity index (χ0) is 24.7. The number of aromatic amines is 1. The lowest BCUT2D eigenvalue weighted by Crippen LogP contribution is -2.61. The predicted octanol–water partition coefficient (Wildman–Crippen LogP) is 3.12. The Hall–Kier alpha value is -2.60. The number of hydrogen-bond acceptors (Lipinski definition) is 10. The molecule has 3 fully saturated rings. The molecule has 1 unspecified atom stereocenters. The summed E-state index contributed by atoms with van der Waals surface area (Å²) >= 11 is 1.60. The summed E-state index contributed by atoms with van der Waals surface area (Å²) in [7, 11) is 0. The van der Waals surface area contributed by atoms with E-state index in [1.165, 1.54) is 0 Å². The Bertz CT molecular complexity index is 1240. The highest BCUT2D eigenvalue weighted by Gasteiger charge is 2.49. The van der Waals surface area contributed by atoms with Crippen LogP contribution < -0.4 is 21.3 Å². The Balaban J connectivity index is 1.19. The molecule has 192 valence electrons. The van der Waals surface area contributed by atoms with Crippen LogP contribution >= 0.6 is 11.3 Å². The fourth-order valence-electron chi connectivity index (χ4n) is 6.18. The Labute approximate surface area is 214 Å². The Kier molecular flexibility index (Phi) is 6.40. The topological polar surface area (TPSA) is 129 Å². The molecule has 0 spiro atoms. The van der Waals surface area contributed by atoms with Crippen LogP contribution in [0.1, 0.15) is 44.7 Å². The lowest BCUT2D eigenvalue weighted by atomic mass is 9.78. The van der Waals surface area contributed by atoms with Crippen molar-refractivity contribution >= 4 is 44.9 Å². The van der Waals surface area contributed by atoms with Gasteiger partial charge in [-0.1, -0.05) is 6.92 Å². The molecule has 2 bridgehead atoms. The minimum absolute atomic E-state index is 0.208. The first-order valence-corrected chi connectivity index (χ1v) is 13.8. The van der Waals surface area contributed by atoms with Crippen LogP contribution in [-0.4, -0.2) is 69.4 Å². The summed E-state index contributed by atoms with van der Waals surface area (Å²) < 4.78 is 5.59. The van der Waals surface area contributed by atoms with Crippen LogP contribution in [0.5, 0.6) is 0 Å². The van der Waals surface area contributed by atoms with E-state index in [0.717, 1.165) is 66.2 Å². The average Bonchev–Trinajstić information content (AvgIpc) is 3.59. The Morgan fingerprint density at radius 1 is 1.31 bits per heavy atom. The van der Waals surface area contributed by atoms with Crippen molar-refractivity contribution in [2.45, 2.75) is 69.6 Å². The van der Waals surface area contributed by atoms with Crippen LogP contribution in [-0.2, 0) is 9.53 Å². The van der Waals surface area contributed by atoms with Crippen molar-refractivity contribution in [1.82, 2.24) is 30.8 Å². The zero-order valence-corrected chi connectivity index (χ0v) is 21.6. The van der Waals surface area contributed by atoms with Crippen LogP contribution in [0.2, 0.25) is 0 Å². The standard InChI is InChI=1S/C25H34N8O2S/c1-14-9-17(11-16-3-5-25(12-14,31-16)21(34)19-13-35-7-6-26-19)27-24-29-22(18-4-8-36-23(18)30-24)28-20-10-15(2)32-33-20/h4,8,10,14,16-17,19,26,31H,3,5-7,9,11-13H2,1-2H3,(H3,27,28,29,30,32,33)/t14-,16-,17+,19-,25?/m1/s1. The molecule has 11 heteroatoms. The molecule has 6 heterocycles. The summed E-state index contributed by atoms with van der Waals surface area (Å²) in [6.07, 6.45) is 4.63. The number of H-pyrrole nitrogens is 1. The van der Waals surface area contributed by atoms with Gasteiger partial charge < -0.3 is 26.0 Å². The average molecular weight is 511 g/mol. The molecule has 6 rings (SSSR count). The summed E-state index contributed by atoms with van der Waals surface area (Å²) in [6, 6.07) is 4.30. The molecule has 3 aromatic rings. The van der Waals surface area contributed by atoms with Crippen molar-refractivity contribution in [2.24, 2.45) is 5.92 Å². The summed E-state index contributed by atoms with van der Waals surface area (Å²) in [5.41, 5.74) is 0.541. The van der Waals surface area contributed by atoms with Gasteiger partial charge in [0.2, 0.25) is 5.95 Å². The lowest BCUT2D eigenvalue weighted by Gasteiger charge is -2.39. The van der Waals surface area contributed by atoms with Gasteiger partial charge in [0, 0.05) is 30.4 Å². The zero-order valence-electron chi connectivity index (χ0n) is 20.8. The lowest BCUT2D eigenvalue weighted by molar-refractivity contribution is -0.131. The van der Waals surface area contributed by atoms with Crippen molar-refractivity contribution < 1.29 is 9.53 Å². The number of aryl methyl sites for hydroxylation is 1. The quantitative estimate of drug-likeness (QED) is 0.340. The molecule has 3 aromatic heterocycles. The molecule has 36 heavy (non-hydrogen) atoms. The monoisotopic (exact) mass is 510 g/mol. The van der Waals surface area contributed by atoms with Gasteiger partial charge in [-0.2, -0.15) is 10.1 Å². The third kappa shape index (κ3) is 4.72. The molecule has 10 nitrogen and oxygen atoms in total. The molecular formula is C25H34N8O2S. The van der Waals surface area contributed by atoms with Crippen molar-refractivity contribution in [2.75, 3.05) is 30.4 Å². The minimum Gasteiger partial charge on any atom is -0.378 e. The minimum atomic E-state index is -0.446. The van der Waals surface area contributed by atoms with Crippen molar-refractivity contribution in [3.63, 3.8) is 0 Å². The van der Waals surface area contributed by atoms with Gasteiger partial charge in [-0.25, -0.2) is 4.98 Å². The molecule has 0 amide bonds. The second-order valence-corrected chi connectivity index (χ2v) is 11.5. The predicted molar refractivity (Wildman–Crippen MR) is 141 cm³/mol. The fourth-order valence-corrected chi connectivity index (χ4v) is 6.94. The maximum Gasteiger partial charge on any atom is 0.226 e. The first-order valence-electron chi connectivity index (χ1n) is 12.9. The maximum absolute atomic E-state index is 13.6. The third-order valence-corrected chi connectivity index (χ3v) is 8.48. The molecule has 5 atom stereocenters. The number of carbonyl (C=O) groups excluding carboxylic acids is 1. The summed E-state index contributed by atoms with van der Waals surface area (Å²) in [4.78, 5) is 24.1. The van der Waals surface area contributed by atoms with Crippen molar-refractivity contribution in [1.29, 1.82) is 0 Å². The number of carbonyl (C=O) groups is 1. The van der Waals surface area contributed by atoms with Crippen molar-refractivity contribution in [3.8, 4) is 0 Å². The van der Waals surface area contributed by atoms with E-state index in [-0.39, 0.29) is 17.9 Å². The molecular weight excluding hydrogens is 476 g/mol. The smallest absolute Gasteiger partial charge is 0.226 e. The summed E-state index contributed by atoms with van der Waals surface area (Å²) in [5, 5.41) is 24.4. The number of Topliss-reactive ketones (excluding diaryl/α,β-unsaturated/α-hetero) is 1. The van der Waals surface area contributed by atoms with Gasteiger partial charge in [0.15, 0.2) is 11.6 Å². The van der Waals surface area contributed by atoms with E-state index >= 15 is 0 Å². The molecule has 3 aliphatic rings. The summed E-state index contributed by atoms with van der Waals surface area (Å²) in [6.45, 7) is 6.12. The number of aromatic nitrogens is 4. The van der Waals surface area contributed by atoms with E-state index in [0.29, 0.717) is 31.1 Å². The highest BCUT2D eigenvalue weighted by molar-refractivity contribution is 7.16. The Morgan fingerprint density at radius 3 is 3.03 bits per heavy atom. The van der Waals surface area contributed by atoms with E-state index in [1.54, 1.807) is 11.3 Å². The largest absolute Gasteiger partial charge is 0.378 e. The van der Waals surface area contributed by atoms with E-state index in [9.17, 15) is 4.79 Å². The van der Waals surface area contributed by atoms with Crippen LogP contribution in [0.15, 0.2) is 17.5 Å². The highest BCUT2D eigenvalue weighted by atomic mass is 32.1. The van der Waals surface area contributed by atoms with Crippen LogP contribution in [0, 0.1) is 12.8 Å². The first kappa shape index (κ1) is 23.8. The number of anilines is 3. The number of nitrogens with zero attached hydrogens (tertiary/aromatic N) is 3. The van der Waals surface area contributed by atoms with Gasteiger partial charge in [0.25, 0.3) is 0 Å². The van der Waals surface area contributed by atoms with Gasteiger partial charge in [0.05, 0.1) is 30.2 Å². The number of rotatable bonds is 6. The van der Waals surface area contributed by atoms with Gasteiger partial charge in [0.1, 0.15) is 10.6 Å². The van der Waals surface area contributed by atoms with Crippen molar-refractivity contribution in [3.05, 3.63) is 23.2 Å². The van der Waals surface area contributed by atoms with Crippen LogP contribution in [0.25, 0.3) is 10.2 Å². The molecule has 3 saturated heterocycles. The normalized spacial score (nSPS) is 30.6. The number of nitrogens with one attached hydrogen (secondary N) is 5. The van der Waals surface area contributed by atoms with E-state index < -0.39 is 5.54 Å². The maximum atomic E-state index is 13.6. The second kappa shape index (κ2) is 9.70. The van der Waals surface area contributed by atoms with Gasteiger partial charge in [-0.05, 0) is 56.4 Å². The molecule has 3 aliphatic heterocycles. The fraction of sp³-hybridized carbons (Fsp3) is 0.600. The molecule has 0 aromatic carbocycles. The first-order chi connectivity index (χ1) is 17.5.